The Labute approximate surface area is 102 Å². The molecular formula is C13H18ClNO. The highest BCUT2D eigenvalue weighted by Crippen LogP contribution is 2.22. The molecule has 0 bridgehead atoms. The number of carbonyl (C=O) groups excluding carboxylic acids is 1. The number of unbranched alkanes of at least 4 members (excludes halogenated alkanes) is 1. The molecule has 2 N–H and O–H groups in total. The predicted octanol–water partition coefficient (Wildman–Crippen LogP) is 3.18. The van der Waals surface area contributed by atoms with Crippen LogP contribution in [0.2, 0.25) is 0 Å². The maximum absolute atomic E-state index is 11.4. The lowest BCUT2D eigenvalue weighted by atomic mass is 9.92. The molecule has 0 heterocycles. The summed E-state index contributed by atoms with van der Waals surface area (Å²) < 4.78 is 0. The van der Waals surface area contributed by atoms with Gasteiger partial charge in [0, 0.05) is 5.88 Å². The third kappa shape index (κ3) is 3.53. The van der Waals surface area contributed by atoms with Gasteiger partial charge < -0.3 is 5.73 Å². The van der Waals surface area contributed by atoms with E-state index in [9.17, 15) is 4.79 Å². The molecule has 0 aliphatic rings. The largest absolute Gasteiger partial charge is 0.369 e. The van der Waals surface area contributed by atoms with Crippen LogP contribution in [0.25, 0.3) is 0 Å². The van der Waals surface area contributed by atoms with Gasteiger partial charge >= 0.3 is 0 Å². The lowest BCUT2D eigenvalue weighted by molar-refractivity contribution is -0.119. The summed E-state index contributed by atoms with van der Waals surface area (Å²) in [6, 6.07) is 7.79. The van der Waals surface area contributed by atoms with Crippen molar-refractivity contribution in [3.8, 4) is 0 Å². The molecule has 0 aliphatic carbocycles. The van der Waals surface area contributed by atoms with Crippen LogP contribution in [0, 0.1) is 0 Å². The molecule has 88 valence electrons. The summed E-state index contributed by atoms with van der Waals surface area (Å²) >= 11 is 5.71. The summed E-state index contributed by atoms with van der Waals surface area (Å²) in [6.45, 7) is 2.11. The van der Waals surface area contributed by atoms with E-state index in [1.165, 1.54) is 0 Å². The molecule has 1 rings (SSSR count). The Morgan fingerprint density at radius 1 is 1.38 bits per heavy atom. The molecule has 2 nitrogen and oxygen atoms in total. The third-order valence-electron chi connectivity index (χ3n) is 2.73. The summed E-state index contributed by atoms with van der Waals surface area (Å²) in [5.41, 5.74) is 7.47. The standard InChI is InChI=1S/C13H18ClNO/c1-2-3-4-12(13(15)16)11-7-5-10(9-14)6-8-11/h5-8,12H,2-4,9H2,1H3,(H2,15,16). The summed E-state index contributed by atoms with van der Waals surface area (Å²) in [5, 5.41) is 0. The van der Waals surface area contributed by atoms with Crippen LogP contribution in [-0.4, -0.2) is 5.91 Å². The van der Waals surface area contributed by atoms with E-state index in [1.807, 2.05) is 24.3 Å². The van der Waals surface area contributed by atoms with E-state index in [-0.39, 0.29) is 11.8 Å². The topological polar surface area (TPSA) is 43.1 Å². The number of amides is 1. The monoisotopic (exact) mass is 239 g/mol. The first kappa shape index (κ1) is 13.0. The van der Waals surface area contributed by atoms with Crippen molar-refractivity contribution in [3.05, 3.63) is 35.4 Å². The van der Waals surface area contributed by atoms with Gasteiger partial charge in [0.1, 0.15) is 0 Å². The summed E-state index contributed by atoms with van der Waals surface area (Å²) in [4.78, 5) is 11.4. The average Bonchev–Trinajstić information content (AvgIpc) is 2.30. The van der Waals surface area contributed by atoms with Gasteiger partial charge in [-0.25, -0.2) is 0 Å². The number of alkyl halides is 1. The van der Waals surface area contributed by atoms with Crippen LogP contribution >= 0.6 is 11.6 Å². The maximum atomic E-state index is 11.4. The smallest absolute Gasteiger partial charge is 0.224 e. The Balaban J connectivity index is 2.79. The zero-order valence-electron chi connectivity index (χ0n) is 9.58. The van der Waals surface area contributed by atoms with Gasteiger partial charge in [-0.1, -0.05) is 44.0 Å². The summed E-state index contributed by atoms with van der Waals surface area (Å²) in [7, 11) is 0. The third-order valence-corrected chi connectivity index (χ3v) is 3.03. The molecular weight excluding hydrogens is 222 g/mol. The van der Waals surface area contributed by atoms with E-state index in [2.05, 4.69) is 6.92 Å². The van der Waals surface area contributed by atoms with Gasteiger partial charge in [-0.05, 0) is 17.5 Å². The van der Waals surface area contributed by atoms with E-state index in [0.717, 1.165) is 30.4 Å². The molecule has 0 saturated carbocycles. The van der Waals surface area contributed by atoms with Crippen molar-refractivity contribution < 1.29 is 4.79 Å². The fourth-order valence-corrected chi connectivity index (χ4v) is 1.90. The van der Waals surface area contributed by atoms with Crippen molar-refractivity contribution in [1.29, 1.82) is 0 Å². The number of hydrogen-bond donors (Lipinski definition) is 1. The minimum atomic E-state index is -0.243. The van der Waals surface area contributed by atoms with Gasteiger partial charge in [-0.15, -0.1) is 11.6 Å². The van der Waals surface area contributed by atoms with Gasteiger partial charge in [-0.3, -0.25) is 4.79 Å². The van der Waals surface area contributed by atoms with Crippen LogP contribution < -0.4 is 5.73 Å². The van der Waals surface area contributed by atoms with Crippen molar-refractivity contribution in [3.63, 3.8) is 0 Å². The van der Waals surface area contributed by atoms with E-state index in [1.54, 1.807) is 0 Å². The number of carbonyl (C=O) groups is 1. The van der Waals surface area contributed by atoms with Crippen molar-refractivity contribution in [2.75, 3.05) is 0 Å². The van der Waals surface area contributed by atoms with Crippen LogP contribution in [0.15, 0.2) is 24.3 Å². The van der Waals surface area contributed by atoms with Gasteiger partial charge in [0.2, 0.25) is 5.91 Å². The molecule has 3 heteroatoms. The van der Waals surface area contributed by atoms with Crippen LogP contribution in [0.3, 0.4) is 0 Å². The second-order valence-electron chi connectivity index (χ2n) is 3.97. The number of hydrogen-bond acceptors (Lipinski definition) is 1. The summed E-state index contributed by atoms with van der Waals surface area (Å²) in [6.07, 6.45) is 2.92. The number of nitrogens with two attached hydrogens (primary N) is 1. The SMILES string of the molecule is CCCCC(C(N)=O)c1ccc(CCl)cc1. The van der Waals surface area contributed by atoms with Crippen LogP contribution in [0.4, 0.5) is 0 Å². The Bertz CT molecular complexity index is 334. The first-order valence-electron chi connectivity index (χ1n) is 5.63. The molecule has 1 unspecified atom stereocenters. The van der Waals surface area contributed by atoms with Crippen molar-refractivity contribution in [2.24, 2.45) is 5.73 Å². The number of rotatable bonds is 6. The van der Waals surface area contributed by atoms with Crippen LogP contribution in [-0.2, 0) is 10.7 Å². The lowest BCUT2D eigenvalue weighted by Crippen LogP contribution is -2.21. The maximum Gasteiger partial charge on any atom is 0.224 e. The normalized spacial score (nSPS) is 12.4. The van der Waals surface area contributed by atoms with E-state index >= 15 is 0 Å². The van der Waals surface area contributed by atoms with Gasteiger partial charge in [0.25, 0.3) is 0 Å². The van der Waals surface area contributed by atoms with Crippen molar-refractivity contribution in [2.45, 2.75) is 38.0 Å². The fourth-order valence-electron chi connectivity index (χ4n) is 1.72. The Morgan fingerprint density at radius 3 is 2.44 bits per heavy atom. The first-order valence-corrected chi connectivity index (χ1v) is 6.16. The summed E-state index contributed by atoms with van der Waals surface area (Å²) in [5.74, 6) is 0.0904. The number of primary amides is 1. The average molecular weight is 240 g/mol. The highest BCUT2D eigenvalue weighted by molar-refractivity contribution is 6.17. The van der Waals surface area contributed by atoms with Crippen molar-refractivity contribution >= 4 is 17.5 Å². The van der Waals surface area contributed by atoms with E-state index in [4.69, 9.17) is 17.3 Å². The van der Waals surface area contributed by atoms with Gasteiger partial charge in [0.05, 0.1) is 5.92 Å². The second kappa shape index (κ2) is 6.54. The Morgan fingerprint density at radius 2 is 2.00 bits per heavy atom. The first-order chi connectivity index (χ1) is 7.69. The highest BCUT2D eigenvalue weighted by Gasteiger charge is 2.16. The zero-order chi connectivity index (χ0) is 12.0. The Hall–Kier alpha value is -1.02. The fraction of sp³-hybridized carbons (Fsp3) is 0.462. The number of benzene rings is 1. The quantitative estimate of drug-likeness (QED) is 0.762. The van der Waals surface area contributed by atoms with Gasteiger partial charge in [0.15, 0.2) is 0 Å². The van der Waals surface area contributed by atoms with Gasteiger partial charge in [-0.2, -0.15) is 0 Å². The lowest BCUT2D eigenvalue weighted by Gasteiger charge is -2.13. The highest BCUT2D eigenvalue weighted by atomic mass is 35.5. The predicted molar refractivity (Wildman–Crippen MR) is 67.5 cm³/mol. The molecule has 0 aliphatic heterocycles. The molecule has 16 heavy (non-hydrogen) atoms. The molecule has 0 fully saturated rings. The van der Waals surface area contributed by atoms with Crippen LogP contribution in [0.5, 0.6) is 0 Å². The number of halogens is 1. The van der Waals surface area contributed by atoms with Crippen molar-refractivity contribution in [1.82, 2.24) is 0 Å². The molecule has 0 saturated heterocycles. The minimum Gasteiger partial charge on any atom is -0.369 e. The molecule has 1 atom stereocenters. The molecule has 0 radical (unpaired) electrons. The molecule has 0 aromatic heterocycles. The van der Waals surface area contributed by atoms with E-state index in [0.29, 0.717) is 5.88 Å². The minimum absolute atomic E-state index is 0.163. The molecule has 1 amide bonds. The molecule has 1 aromatic rings. The van der Waals surface area contributed by atoms with E-state index < -0.39 is 0 Å². The molecule has 1 aromatic carbocycles. The Kier molecular flexibility index (Phi) is 5.33. The zero-order valence-corrected chi connectivity index (χ0v) is 10.3. The van der Waals surface area contributed by atoms with Crippen LogP contribution in [0.1, 0.15) is 43.2 Å². The molecule has 0 spiro atoms. The second-order valence-corrected chi connectivity index (χ2v) is 4.24.